The van der Waals surface area contributed by atoms with E-state index in [0.717, 1.165) is 5.56 Å². The summed E-state index contributed by atoms with van der Waals surface area (Å²) in [6, 6.07) is 6.44. The van der Waals surface area contributed by atoms with Crippen LogP contribution in [0.15, 0.2) is 24.3 Å². The number of alkyl carbamates (subject to hydrolysis) is 1. The fourth-order valence-corrected chi connectivity index (χ4v) is 1.43. The van der Waals surface area contributed by atoms with Crippen LogP contribution in [0.4, 0.5) is 18.0 Å². The molecule has 0 aliphatic rings. The highest BCUT2D eigenvalue weighted by Gasteiger charge is 2.29. The summed E-state index contributed by atoms with van der Waals surface area (Å²) in [4.78, 5) is 22.2. The molecule has 0 radical (unpaired) electrons. The van der Waals surface area contributed by atoms with E-state index in [2.05, 4.69) is 14.8 Å². The average molecular weight is 305 g/mol. The van der Waals surface area contributed by atoms with E-state index in [1.54, 1.807) is 24.3 Å². The zero-order valence-electron chi connectivity index (χ0n) is 11.2. The number of alkyl halides is 3. The van der Waals surface area contributed by atoms with E-state index in [1.807, 2.05) is 0 Å². The highest BCUT2D eigenvalue weighted by atomic mass is 19.4. The molecule has 0 aromatic heterocycles. The number of nitrogens with one attached hydrogen (secondary N) is 1. The minimum absolute atomic E-state index is 0.119. The molecule has 5 nitrogen and oxygen atoms in total. The van der Waals surface area contributed by atoms with Crippen LogP contribution in [0.3, 0.4) is 0 Å². The fraction of sp³-hybridized carbons (Fsp3) is 0.385. The average Bonchev–Trinajstić information content (AvgIpc) is 2.44. The van der Waals surface area contributed by atoms with Crippen LogP contribution >= 0.6 is 0 Å². The topological polar surface area (TPSA) is 64.6 Å². The quantitative estimate of drug-likeness (QED) is 0.848. The van der Waals surface area contributed by atoms with Crippen molar-refractivity contribution in [2.75, 3.05) is 20.3 Å². The number of esters is 1. The lowest BCUT2D eigenvalue weighted by molar-refractivity contribution is -0.160. The van der Waals surface area contributed by atoms with Crippen molar-refractivity contribution in [3.05, 3.63) is 35.4 Å². The fourth-order valence-electron chi connectivity index (χ4n) is 1.43. The SMILES string of the molecule is COC(=O)c1ccc(CCNC(=O)OCC(F)(F)F)cc1. The molecule has 1 N–H and O–H groups in total. The van der Waals surface area contributed by atoms with Gasteiger partial charge >= 0.3 is 18.2 Å². The maximum absolute atomic E-state index is 11.8. The number of hydrogen-bond acceptors (Lipinski definition) is 4. The minimum atomic E-state index is -4.54. The molecule has 1 amide bonds. The Kier molecular flexibility index (Phi) is 6.01. The zero-order chi connectivity index (χ0) is 15.9. The molecule has 0 unspecified atom stereocenters. The van der Waals surface area contributed by atoms with Crippen LogP contribution in [0.5, 0.6) is 0 Å². The number of benzene rings is 1. The first-order chi connectivity index (χ1) is 9.81. The summed E-state index contributed by atoms with van der Waals surface area (Å²) < 4.78 is 43.9. The van der Waals surface area contributed by atoms with Crippen molar-refractivity contribution in [1.82, 2.24) is 5.32 Å². The van der Waals surface area contributed by atoms with Gasteiger partial charge in [0.05, 0.1) is 12.7 Å². The molecule has 0 spiro atoms. The van der Waals surface area contributed by atoms with Crippen LogP contribution in [-0.2, 0) is 15.9 Å². The molecule has 0 aliphatic heterocycles. The Bertz CT molecular complexity index is 485. The van der Waals surface area contributed by atoms with E-state index in [4.69, 9.17) is 0 Å². The summed E-state index contributed by atoms with van der Waals surface area (Å²) in [7, 11) is 1.27. The van der Waals surface area contributed by atoms with Gasteiger partial charge in [0.15, 0.2) is 6.61 Å². The van der Waals surface area contributed by atoms with Gasteiger partial charge in [0.25, 0.3) is 0 Å². The molecule has 8 heteroatoms. The molecule has 0 aliphatic carbocycles. The van der Waals surface area contributed by atoms with E-state index in [1.165, 1.54) is 7.11 Å². The van der Waals surface area contributed by atoms with Gasteiger partial charge in [-0.05, 0) is 24.1 Å². The summed E-state index contributed by atoms with van der Waals surface area (Å²) in [6.45, 7) is -1.50. The summed E-state index contributed by atoms with van der Waals surface area (Å²) in [6.07, 6.45) is -5.28. The minimum Gasteiger partial charge on any atom is -0.465 e. The monoisotopic (exact) mass is 305 g/mol. The molecule has 0 heterocycles. The van der Waals surface area contributed by atoms with Crippen molar-refractivity contribution < 1.29 is 32.2 Å². The molecule has 21 heavy (non-hydrogen) atoms. The lowest BCUT2D eigenvalue weighted by Gasteiger charge is -2.09. The second-order valence-corrected chi connectivity index (χ2v) is 4.06. The van der Waals surface area contributed by atoms with Gasteiger partial charge in [-0.2, -0.15) is 13.2 Å². The maximum Gasteiger partial charge on any atom is 0.422 e. The van der Waals surface area contributed by atoms with Crippen LogP contribution in [0.2, 0.25) is 0 Å². The van der Waals surface area contributed by atoms with Gasteiger partial charge in [-0.3, -0.25) is 0 Å². The number of hydrogen-bond donors (Lipinski definition) is 1. The molecule has 0 fully saturated rings. The molecule has 1 aromatic carbocycles. The van der Waals surface area contributed by atoms with E-state index in [0.29, 0.717) is 12.0 Å². The molecule has 1 rings (SSSR count). The van der Waals surface area contributed by atoms with Gasteiger partial charge in [0.1, 0.15) is 0 Å². The van der Waals surface area contributed by atoms with Gasteiger partial charge in [0.2, 0.25) is 0 Å². The predicted octanol–water partition coefficient (Wildman–Crippen LogP) is 2.30. The summed E-state index contributed by atoms with van der Waals surface area (Å²) in [5, 5.41) is 2.20. The zero-order valence-corrected chi connectivity index (χ0v) is 11.2. The second-order valence-electron chi connectivity index (χ2n) is 4.06. The number of methoxy groups -OCH3 is 1. The molecule has 0 saturated heterocycles. The number of rotatable bonds is 5. The summed E-state index contributed by atoms with van der Waals surface area (Å²) in [5.41, 5.74) is 1.19. The van der Waals surface area contributed by atoms with Crippen molar-refractivity contribution in [3.63, 3.8) is 0 Å². The van der Waals surface area contributed by atoms with Crippen molar-refractivity contribution in [1.29, 1.82) is 0 Å². The van der Waals surface area contributed by atoms with Crippen molar-refractivity contribution in [3.8, 4) is 0 Å². The molecule has 1 aromatic rings. The van der Waals surface area contributed by atoms with E-state index in [-0.39, 0.29) is 6.54 Å². The van der Waals surface area contributed by atoms with Gasteiger partial charge in [-0.1, -0.05) is 12.1 Å². The molecular formula is C13H14F3NO4. The Morgan fingerprint density at radius 2 is 1.81 bits per heavy atom. The normalized spacial score (nSPS) is 10.9. The largest absolute Gasteiger partial charge is 0.465 e. The van der Waals surface area contributed by atoms with Crippen LogP contribution in [0.1, 0.15) is 15.9 Å². The van der Waals surface area contributed by atoms with Gasteiger partial charge < -0.3 is 14.8 Å². The number of amides is 1. The first-order valence-electron chi connectivity index (χ1n) is 5.96. The Hall–Kier alpha value is -2.25. The van der Waals surface area contributed by atoms with Gasteiger partial charge in [-0.15, -0.1) is 0 Å². The van der Waals surface area contributed by atoms with Gasteiger partial charge in [-0.25, -0.2) is 9.59 Å². The van der Waals surface area contributed by atoms with Crippen LogP contribution in [0.25, 0.3) is 0 Å². The van der Waals surface area contributed by atoms with E-state index in [9.17, 15) is 22.8 Å². The van der Waals surface area contributed by atoms with Crippen molar-refractivity contribution in [2.45, 2.75) is 12.6 Å². The third kappa shape index (κ3) is 6.64. The number of halogens is 3. The first-order valence-corrected chi connectivity index (χ1v) is 5.96. The van der Waals surface area contributed by atoms with Crippen LogP contribution in [-0.4, -0.2) is 38.5 Å². The van der Waals surface area contributed by atoms with Crippen LogP contribution in [0, 0.1) is 0 Å². The summed E-state index contributed by atoms with van der Waals surface area (Å²) in [5.74, 6) is -0.463. The smallest absolute Gasteiger partial charge is 0.422 e. The standard InChI is InChI=1S/C13H14F3NO4/c1-20-11(18)10-4-2-9(3-5-10)6-7-17-12(19)21-8-13(14,15)16/h2-5H,6-8H2,1H3,(H,17,19). The Balaban J connectivity index is 2.32. The lowest BCUT2D eigenvalue weighted by Crippen LogP contribution is -2.30. The Morgan fingerprint density at radius 1 is 1.19 bits per heavy atom. The first kappa shape index (κ1) is 16.8. The third-order valence-electron chi connectivity index (χ3n) is 2.42. The maximum atomic E-state index is 11.8. The molecule has 0 bridgehead atoms. The number of ether oxygens (including phenoxy) is 2. The summed E-state index contributed by atoms with van der Waals surface area (Å²) >= 11 is 0. The van der Waals surface area contributed by atoms with E-state index < -0.39 is 24.8 Å². The van der Waals surface area contributed by atoms with Crippen LogP contribution < -0.4 is 5.32 Å². The molecular weight excluding hydrogens is 291 g/mol. The molecule has 116 valence electrons. The highest BCUT2D eigenvalue weighted by Crippen LogP contribution is 2.14. The molecule has 0 saturated carbocycles. The third-order valence-corrected chi connectivity index (χ3v) is 2.42. The Labute approximate surface area is 119 Å². The molecule has 0 atom stereocenters. The Morgan fingerprint density at radius 3 is 2.33 bits per heavy atom. The second kappa shape index (κ2) is 7.51. The highest BCUT2D eigenvalue weighted by molar-refractivity contribution is 5.89. The van der Waals surface area contributed by atoms with Crippen molar-refractivity contribution >= 4 is 12.1 Å². The number of carbonyl (C=O) groups excluding carboxylic acids is 2. The predicted molar refractivity (Wildman–Crippen MR) is 66.9 cm³/mol. The van der Waals surface area contributed by atoms with Gasteiger partial charge in [0, 0.05) is 6.54 Å². The lowest BCUT2D eigenvalue weighted by atomic mass is 10.1. The number of carbonyl (C=O) groups is 2. The van der Waals surface area contributed by atoms with E-state index >= 15 is 0 Å². The van der Waals surface area contributed by atoms with Crippen molar-refractivity contribution in [2.24, 2.45) is 0 Å².